The Labute approximate surface area is 102 Å². The van der Waals surface area contributed by atoms with Crippen LogP contribution in [-0.4, -0.2) is 16.5 Å². The predicted molar refractivity (Wildman–Crippen MR) is 69.9 cm³/mol. The van der Waals surface area contributed by atoms with Gasteiger partial charge < -0.3 is 10.3 Å². The van der Waals surface area contributed by atoms with Crippen molar-refractivity contribution >= 4 is 0 Å². The number of nitrogens with one attached hydrogen (secondary N) is 2. The molecule has 3 heteroatoms. The number of hydrogen-bond acceptors (Lipinski definition) is 2. The van der Waals surface area contributed by atoms with E-state index in [1.165, 1.54) is 16.7 Å². The Hall–Kier alpha value is -1.61. The van der Waals surface area contributed by atoms with Gasteiger partial charge in [-0.05, 0) is 30.5 Å². The first-order valence-corrected chi connectivity index (χ1v) is 6.01. The van der Waals surface area contributed by atoms with Crippen LogP contribution >= 0.6 is 0 Å². The first kappa shape index (κ1) is 11.9. The molecule has 2 aromatic rings. The number of aromatic nitrogens is 2. The van der Waals surface area contributed by atoms with Gasteiger partial charge in [0.2, 0.25) is 0 Å². The zero-order valence-electron chi connectivity index (χ0n) is 10.5. The van der Waals surface area contributed by atoms with Gasteiger partial charge >= 0.3 is 0 Å². The second kappa shape index (κ2) is 5.64. The maximum Gasteiger partial charge on any atom is 0.107 e. The van der Waals surface area contributed by atoms with E-state index in [1.54, 1.807) is 6.20 Å². The molecule has 2 rings (SSSR count). The number of hydrogen-bond donors (Lipinski definition) is 2. The number of H-pyrrole nitrogens is 1. The van der Waals surface area contributed by atoms with E-state index in [4.69, 9.17) is 0 Å². The van der Waals surface area contributed by atoms with E-state index in [1.807, 2.05) is 6.20 Å². The summed E-state index contributed by atoms with van der Waals surface area (Å²) in [5.74, 6) is 1.04. The minimum atomic E-state index is 0.925. The smallest absolute Gasteiger partial charge is 0.107 e. The lowest BCUT2D eigenvalue weighted by atomic mass is 10.0. The molecule has 2 N–H and O–H groups in total. The highest BCUT2D eigenvalue weighted by Gasteiger charge is 2.00. The van der Waals surface area contributed by atoms with E-state index in [-0.39, 0.29) is 0 Å². The second-order valence-electron chi connectivity index (χ2n) is 4.32. The fraction of sp³-hybridized carbons (Fsp3) is 0.357. The van der Waals surface area contributed by atoms with Gasteiger partial charge in [-0.1, -0.05) is 18.2 Å². The molecule has 0 aliphatic heterocycles. The number of nitrogens with zero attached hydrogens (tertiary/aromatic N) is 1. The molecule has 1 aromatic carbocycles. The van der Waals surface area contributed by atoms with Crippen LogP contribution in [-0.2, 0) is 13.0 Å². The first-order valence-electron chi connectivity index (χ1n) is 6.01. The molecular formula is C14H19N3. The van der Waals surface area contributed by atoms with Crippen LogP contribution in [0.15, 0.2) is 30.6 Å². The fourth-order valence-corrected chi connectivity index (χ4v) is 1.87. The molecule has 0 saturated heterocycles. The molecule has 3 nitrogen and oxygen atoms in total. The van der Waals surface area contributed by atoms with E-state index in [2.05, 4.69) is 47.3 Å². The molecule has 0 spiro atoms. The highest BCUT2D eigenvalue weighted by Crippen LogP contribution is 2.12. The van der Waals surface area contributed by atoms with Crippen molar-refractivity contribution in [1.29, 1.82) is 0 Å². The molecule has 90 valence electrons. The minimum Gasteiger partial charge on any atom is -0.349 e. The Bertz CT molecular complexity index is 460. The van der Waals surface area contributed by atoms with Gasteiger partial charge in [-0.3, -0.25) is 0 Å². The lowest BCUT2D eigenvalue weighted by molar-refractivity contribution is 0.671. The molecule has 0 atom stereocenters. The van der Waals surface area contributed by atoms with Crippen LogP contribution in [0.1, 0.15) is 22.5 Å². The van der Waals surface area contributed by atoms with Crippen molar-refractivity contribution in [2.75, 3.05) is 6.54 Å². The van der Waals surface area contributed by atoms with E-state index < -0.39 is 0 Å². The highest BCUT2D eigenvalue weighted by molar-refractivity contribution is 5.32. The van der Waals surface area contributed by atoms with Gasteiger partial charge in [0.1, 0.15) is 5.82 Å². The average Bonchev–Trinajstić information content (AvgIpc) is 2.83. The van der Waals surface area contributed by atoms with E-state index in [0.717, 1.165) is 25.3 Å². The molecule has 0 fully saturated rings. The average molecular weight is 229 g/mol. The Morgan fingerprint density at radius 1 is 1.29 bits per heavy atom. The van der Waals surface area contributed by atoms with Gasteiger partial charge in [0, 0.05) is 31.9 Å². The summed E-state index contributed by atoms with van der Waals surface area (Å²) in [5.41, 5.74) is 4.12. The van der Waals surface area contributed by atoms with Gasteiger partial charge in [-0.2, -0.15) is 0 Å². The van der Waals surface area contributed by atoms with E-state index >= 15 is 0 Å². The number of aryl methyl sites for hydroxylation is 1. The summed E-state index contributed by atoms with van der Waals surface area (Å²) in [4.78, 5) is 7.30. The van der Waals surface area contributed by atoms with Crippen molar-refractivity contribution in [1.82, 2.24) is 15.3 Å². The van der Waals surface area contributed by atoms with Gasteiger partial charge in [0.25, 0.3) is 0 Å². The molecule has 0 saturated carbocycles. The van der Waals surface area contributed by atoms with Crippen molar-refractivity contribution in [3.05, 3.63) is 53.1 Å². The van der Waals surface area contributed by atoms with Gasteiger partial charge in [0.05, 0.1) is 0 Å². The zero-order chi connectivity index (χ0) is 12.1. The fourth-order valence-electron chi connectivity index (χ4n) is 1.87. The Morgan fingerprint density at radius 2 is 2.18 bits per heavy atom. The quantitative estimate of drug-likeness (QED) is 0.773. The lowest BCUT2D eigenvalue weighted by Crippen LogP contribution is -2.18. The summed E-state index contributed by atoms with van der Waals surface area (Å²) in [5, 5.41) is 3.45. The normalized spacial score (nSPS) is 10.7. The van der Waals surface area contributed by atoms with Crippen LogP contribution in [0.4, 0.5) is 0 Å². The monoisotopic (exact) mass is 229 g/mol. The molecule has 0 aliphatic carbocycles. The van der Waals surface area contributed by atoms with Crippen LogP contribution < -0.4 is 5.32 Å². The SMILES string of the molecule is Cc1cccc(CNCCc2ncc[nH]2)c1C. The minimum absolute atomic E-state index is 0.925. The summed E-state index contributed by atoms with van der Waals surface area (Å²) in [6.45, 7) is 6.20. The van der Waals surface area contributed by atoms with E-state index in [0.29, 0.717) is 0 Å². The zero-order valence-corrected chi connectivity index (χ0v) is 10.5. The molecule has 0 aliphatic rings. The maximum atomic E-state index is 4.20. The van der Waals surface area contributed by atoms with Crippen molar-refractivity contribution in [3.8, 4) is 0 Å². The molecule has 0 radical (unpaired) electrons. The number of rotatable bonds is 5. The molecule has 1 aromatic heterocycles. The standard InChI is InChI=1S/C14H19N3/c1-11-4-3-5-13(12(11)2)10-15-7-6-14-16-8-9-17-14/h3-5,8-9,15H,6-7,10H2,1-2H3,(H,16,17). The topological polar surface area (TPSA) is 40.7 Å². The lowest BCUT2D eigenvalue weighted by Gasteiger charge is -2.09. The summed E-state index contributed by atoms with van der Waals surface area (Å²) in [6, 6.07) is 6.45. The molecular weight excluding hydrogens is 210 g/mol. The second-order valence-corrected chi connectivity index (χ2v) is 4.32. The molecule has 17 heavy (non-hydrogen) atoms. The number of aromatic amines is 1. The largest absolute Gasteiger partial charge is 0.349 e. The van der Waals surface area contributed by atoms with Crippen molar-refractivity contribution in [3.63, 3.8) is 0 Å². The Morgan fingerprint density at radius 3 is 2.94 bits per heavy atom. The molecule has 1 heterocycles. The van der Waals surface area contributed by atoms with E-state index in [9.17, 15) is 0 Å². The summed E-state index contributed by atoms with van der Waals surface area (Å²) < 4.78 is 0. The summed E-state index contributed by atoms with van der Waals surface area (Å²) in [7, 11) is 0. The van der Waals surface area contributed by atoms with Crippen LogP contribution in [0.25, 0.3) is 0 Å². The summed E-state index contributed by atoms with van der Waals surface area (Å²) >= 11 is 0. The number of imidazole rings is 1. The van der Waals surface area contributed by atoms with Crippen molar-refractivity contribution in [2.24, 2.45) is 0 Å². The Balaban J connectivity index is 1.80. The van der Waals surface area contributed by atoms with Crippen molar-refractivity contribution in [2.45, 2.75) is 26.8 Å². The predicted octanol–water partition coefficient (Wildman–Crippen LogP) is 2.36. The van der Waals surface area contributed by atoms with Gasteiger partial charge in [-0.25, -0.2) is 4.98 Å². The molecule has 0 amide bonds. The third kappa shape index (κ3) is 3.17. The van der Waals surface area contributed by atoms with Crippen LogP contribution in [0.5, 0.6) is 0 Å². The van der Waals surface area contributed by atoms with Crippen LogP contribution in [0, 0.1) is 13.8 Å². The Kier molecular flexibility index (Phi) is 3.94. The summed E-state index contributed by atoms with van der Waals surface area (Å²) in [6.07, 6.45) is 4.60. The van der Waals surface area contributed by atoms with Gasteiger partial charge in [-0.15, -0.1) is 0 Å². The molecule has 0 bridgehead atoms. The number of benzene rings is 1. The third-order valence-corrected chi connectivity index (χ3v) is 3.13. The van der Waals surface area contributed by atoms with Gasteiger partial charge in [0.15, 0.2) is 0 Å². The van der Waals surface area contributed by atoms with Crippen molar-refractivity contribution < 1.29 is 0 Å². The first-order chi connectivity index (χ1) is 8.27. The van der Waals surface area contributed by atoms with Crippen LogP contribution in [0.3, 0.4) is 0 Å². The van der Waals surface area contributed by atoms with Crippen LogP contribution in [0.2, 0.25) is 0 Å². The third-order valence-electron chi connectivity index (χ3n) is 3.13. The molecule has 0 unspecified atom stereocenters. The highest BCUT2D eigenvalue weighted by atomic mass is 14.9. The maximum absolute atomic E-state index is 4.20.